The SMILES string of the molecule is NC(=S)C(NC(=O)c1cccc(Cl)c1)C1CCCCC1. The molecule has 1 saturated carbocycles. The van der Waals surface area contributed by atoms with Crippen LogP contribution >= 0.6 is 23.8 Å². The summed E-state index contributed by atoms with van der Waals surface area (Å²) < 4.78 is 0. The van der Waals surface area contributed by atoms with E-state index in [-0.39, 0.29) is 11.9 Å². The molecule has 1 unspecified atom stereocenters. The fourth-order valence-corrected chi connectivity index (χ4v) is 3.18. The lowest BCUT2D eigenvalue weighted by atomic mass is 9.83. The Balaban J connectivity index is 2.07. The van der Waals surface area contributed by atoms with E-state index in [9.17, 15) is 4.79 Å². The second-order valence-corrected chi connectivity index (χ2v) is 6.17. The van der Waals surface area contributed by atoms with Gasteiger partial charge in [-0.3, -0.25) is 4.79 Å². The molecule has 3 N–H and O–H groups in total. The molecule has 1 aromatic rings. The van der Waals surface area contributed by atoms with Crippen molar-refractivity contribution in [2.75, 3.05) is 0 Å². The lowest BCUT2D eigenvalue weighted by Crippen LogP contribution is -2.48. The first-order chi connectivity index (χ1) is 9.58. The Hall–Kier alpha value is -1.13. The van der Waals surface area contributed by atoms with Crippen LogP contribution in [-0.2, 0) is 0 Å². The third-order valence-corrected chi connectivity index (χ3v) is 4.29. The van der Waals surface area contributed by atoms with Crippen LogP contribution in [0, 0.1) is 5.92 Å². The summed E-state index contributed by atoms with van der Waals surface area (Å²) in [5, 5.41) is 3.51. The lowest BCUT2D eigenvalue weighted by molar-refractivity contribution is 0.0932. The summed E-state index contributed by atoms with van der Waals surface area (Å²) in [4.78, 5) is 12.6. The summed E-state index contributed by atoms with van der Waals surface area (Å²) in [6, 6.07) is 6.65. The normalized spacial score (nSPS) is 17.4. The van der Waals surface area contributed by atoms with Gasteiger partial charge in [-0.1, -0.05) is 49.1 Å². The molecule has 1 atom stereocenters. The first kappa shape index (κ1) is 15.3. The Morgan fingerprint density at radius 2 is 2.05 bits per heavy atom. The number of amides is 1. The monoisotopic (exact) mass is 310 g/mol. The predicted octanol–water partition coefficient (Wildman–Crippen LogP) is 3.30. The van der Waals surface area contributed by atoms with Gasteiger partial charge in [0.25, 0.3) is 5.91 Å². The van der Waals surface area contributed by atoms with Crippen LogP contribution in [0.2, 0.25) is 5.02 Å². The highest BCUT2D eigenvalue weighted by atomic mass is 35.5. The van der Waals surface area contributed by atoms with Crippen molar-refractivity contribution in [1.29, 1.82) is 0 Å². The number of rotatable bonds is 4. The van der Waals surface area contributed by atoms with E-state index >= 15 is 0 Å². The molecule has 1 aliphatic rings. The summed E-state index contributed by atoms with van der Waals surface area (Å²) in [6.45, 7) is 0. The zero-order chi connectivity index (χ0) is 14.5. The van der Waals surface area contributed by atoms with Crippen molar-refractivity contribution in [3.8, 4) is 0 Å². The summed E-state index contributed by atoms with van der Waals surface area (Å²) in [5.74, 6) is 0.181. The fraction of sp³-hybridized carbons (Fsp3) is 0.467. The third kappa shape index (κ3) is 3.93. The highest BCUT2D eigenvalue weighted by Gasteiger charge is 2.27. The highest BCUT2D eigenvalue weighted by molar-refractivity contribution is 7.80. The summed E-state index contributed by atoms with van der Waals surface area (Å²) in [7, 11) is 0. The molecule has 0 spiro atoms. The summed E-state index contributed by atoms with van der Waals surface area (Å²) in [6.07, 6.45) is 5.74. The molecule has 3 nitrogen and oxygen atoms in total. The van der Waals surface area contributed by atoms with Gasteiger partial charge in [-0.15, -0.1) is 0 Å². The molecule has 0 saturated heterocycles. The molecule has 108 valence electrons. The number of halogens is 1. The second kappa shape index (κ2) is 7.04. The van der Waals surface area contributed by atoms with E-state index in [4.69, 9.17) is 29.6 Å². The zero-order valence-electron chi connectivity index (χ0n) is 11.3. The molecule has 20 heavy (non-hydrogen) atoms. The van der Waals surface area contributed by atoms with Crippen LogP contribution in [0.15, 0.2) is 24.3 Å². The number of hydrogen-bond donors (Lipinski definition) is 2. The molecular formula is C15H19ClN2OS. The van der Waals surface area contributed by atoms with E-state index in [2.05, 4.69) is 5.32 Å². The van der Waals surface area contributed by atoms with Crippen molar-refractivity contribution in [3.05, 3.63) is 34.9 Å². The molecule has 0 heterocycles. The maximum Gasteiger partial charge on any atom is 0.251 e. The van der Waals surface area contributed by atoms with Gasteiger partial charge in [-0.25, -0.2) is 0 Å². The highest BCUT2D eigenvalue weighted by Crippen LogP contribution is 2.27. The standard InChI is InChI=1S/C15H19ClN2OS/c16-12-8-4-7-11(9-12)15(19)18-13(14(17)20)10-5-2-1-3-6-10/h4,7-10,13H,1-3,5-6H2,(H2,17,20)(H,18,19). The van der Waals surface area contributed by atoms with Crippen molar-refractivity contribution in [1.82, 2.24) is 5.32 Å². The fourth-order valence-electron chi connectivity index (χ4n) is 2.74. The minimum absolute atomic E-state index is 0.170. The molecule has 0 bridgehead atoms. The minimum Gasteiger partial charge on any atom is -0.392 e. The van der Waals surface area contributed by atoms with E-state index in [0.717, 1.165) is 12.8 Å². The van der Waals surface area contributed by atoms with Gasteiger partial charge < -0.3 is 11.1 Å². The van der Waals surface area contributed by atoms with Gasteiger partial charge in [0.2, 0.25) is 0 Å². The molecule has 0 aliphatic heterocycles. The number of carbonyl (C=O) groups excluding carboxylic acids is 1. The number of thiocarbonyl (C=S) groups is 1. The molecule has 5 heteroatoms. The molecule has 1 amide bonds. The molecular weight excluding hydrogens is 292 g/mol. The Morgan fingerprint density at radius 1 is 1.35 bits per heavy atom. The summed E-state index contributed by atoms with van der Waals surface area (Å²) >= 11 is 11.0. The van der Waals surface area contributed by atoms with E-state index in [1.807, 2.05) is 0 Å². The van der Waals surface area contributed by atoms with Crippen LogP contribution in [-0.4, -0.2) is 16.9 Å². The van der Waals surface area contributed by atoms with Crippen LogP contribution < -0.4 is 11.1 Å². The maximum absolute atomic E-state index is 12.3. The van der Waals surface area contributed by atoms with Crippen LogP contribution in [0.1, 0.15) is 42.5 Å². The predicted molar refractivity (Wildman–Crippen MR) is 86.1 cm³/mol. The third-order valence-electron chi connectivity index (χ3n) is 3.80. The zero-order valence-corrected chi connectivity index (χ0v) is 12.8. The maximum atomic E-state index is 12.3. The molecule has 1 aliphatic carbocycles. The van der Waals surface area contributed by atoms with Crippen LogP contribution in [0.5, 0.6) is 0 Å². The van der Waals surface area contributed by atoms with Crippen molar-refractivity contribution >= 4 is 34.7 Å². The van der Waals surface area contributed by atoms with E-state index < -0.39 is 0 Å². The first-order valence-electron chi connectivity index (χ1n) is 6.93. The smallest absolute Gasteiger partial charge is 0.251 e. The molecule has 0 aromatic heterocycles. The van der Waals surface area contributed by atoms with E-state index in [1.54, 1.807) is 24.3 Å². The van der Waals surface area contributed by atoms with Gasteiger partial charge in [0.1, 0.15) is 0 Å². The largest absolute Gasteiger partial charge is 0.392 e. The molecule has 1 aromatic carbocycles. The second-order valence-electron chi connectivity index (χ2n) is 5.26. The number of carbonyl (C=O) groups is 1. The van der Waals surface area contributed by atoms with Crippen LogP contribution in [0.4, 0.5) is 0 Å². The van der Waals surface area contributed by atoms with E-state index in [0.29, 0.717) is 21.5 Å². The Morgan fingerprint density at radius 3 is 2.65 bits per heavy atom. The van der Waals surface area contributed by atoms with Gasteiger partial charge in [0.15, 0.2) is 0 Å². The van der Waals surface area contributed by atoms with Gasteiger partial charge in [-0.2, -0.15) is 0 Å². The Bertz CT molecular complexity index is 500. The molecule has 2 rings (SSSR count). The van der Waals surface area contributed by atoms with Crippen molar-refractivity contribution in [3.63, 3.8) is 0 Å². The average Bonchev–Trinajstić information content (AvgIpc) is 2.45. The summed E-state index contributed by atoms with van der Waals surface area (Å²) in [5.41, 5.74) is 6.35. The average molecular weight is 311 g/mol. The van der Waals surface area contributed by atoms with Gasteiger partial charge >= 0.3 is 0 Å². The molecule has 0 radical (unpaired) electrons. The van der Waals surface area contributed by atoms with E-state index in [1.165, 1.54) is 19.3 Å². The molecule has 1 fully saturated rings. The first-order valence-corrected chi connectivity index (χ1v) is 7.72. The van der Waals surface area contributed by atoms with Crippen molar-refractivity contribution in [2.24, 2.45) is 11.7 Å². The number of nitrogens with one attached hydrogen (secondary N) is 1. The van der Waals surface area contributed by atoms with Gasteiger partial charge in [-0.05, 0) is 37.0 Å². The van der Waals surface area contributed by atoms with Gasteiger partial charge in [0, 0.05) is 10.6 Å². The lowest BCUT2D eigenvalue weighted by Gasteiger charge is -2.30. The van der Waals surface area contributed by atoms with Crippen molar-refractivity contribution in [2.45, 2.75) is 38.1 Å². The number of nitrogens with two attached hydrogens (primary N) is 1. The van der Waals surface area contributed by atoms with Gasteiger partial charge in [0.05, 0.1) is 11.0 Å². The number of hydrogen-bond acceptors (Lipinski definition) is 2. The van der Waals surface area contributed by atoms with Crippen molar-refractivity contribution < 1.29 is 4.79 Å². The minimum atomic E-state index is -0.225. The van der Waals surface area contributed by atoms with Crippen LogP contribution in [0.3, 0.4) is 0 Å². The Kier molecular flexibility index (Phi) is 5.38. The quantitative estimate of drug-likeness (QED) is 0.839. The number of benzene rings is 1. The Labute approximate surface area is 129 Å². The topological polar surface area (TPSA) is 55.1 Å². The van der Waals surface area contributed by atoms with Crippen LogP contribution in [0.25, 0.3) is 0 Å².